The Labute approximate surface area is 220 Å². The van der Waals surface area contributed by atoms with E-state index in [4.69, 9.17) is 5.73 Å². The van der Waals surface area contributed by atoms with E-state index < -0.39 is 64.1 Å². The molecular weight excluding hydrogens is 498 g/mol. The minimum atomic E-state index is -3.79. The Morgan fingerprint density at radius 1 is 1.00 bits per heavy atom. The lowest BCUT2D eigenvalue weighted by Crippen LogP contribution is -2.59. The van der Waals surface area contributed by atoms with Gasteiger partial charge in [-0.25, -0.2) is 13.2 Å². The highest BCUT2D eigenvalue weighted by Gasteiger charge is 2.32. The molecule has 210 valence electrons. The number of carbonyl (C=O) groups is 3. The van der Waals surface area contributed by atoms with Gasteiger partial charge in [0.05, 0.1) is 36.9 Å². The van der Waals surface area contributed by atoms with Crippen LogP contribution in [0.5, 0.6) is 0 Å². The number of nitrogens with one attached hydrogen (secondary N) is 4. The first-order valence-electron chi connectivity index (χ1n) is 12.3. The zero-order valence-corrected chi connectivity index (χ0v) is 23.4. The fraction of sp³-hybridized carbons (Fsp3) is 0.640. The highest BCUT2D eigenvalue weighted by atomic mass is 32.2. The molecule has 0 aromatic heterocycles. The van der Waals surface area contributed by atoms with Gasteiger partial charge in [-0.05, 0) is 51.5 Å². The number of amides is 4. The maximum Gasteiger partial charge on any atom is 0.315 e. The third-order valence-electron chi connectivity index (χ3n) is 5.35. The molecule has 1 aromatic carbocycles. The Hall–Kier alpha value is -2.70. The first-order chi connectivity index (χ1) is 17.0. The molecule has 0 saturated heterocycles. The maximum absolute atomic E-state index is 12.9. The van der Waals surface area contributed by atoms with Crippen LogP contribution in [0.1, 0.15) is 59.4 Å². The molecule has 0 saturated carbocycles. The van der Waals surface area contributed by atoms with Gasteiger partial charge in [-0.1, -0.05) is 44.2 Å². The summed E-state index contributed by atoms with van der Waals surface area (Å²) in [7, 11) is -3.79. The van der Waals surface area contributed by atoms with Gasteiger partial charge in [0, 0.05) is 5.54 Å². The van der Waals surface area contributed by atoms with Crippen molar-refractivity contribution in [2.45, 2.75) is 90.1 Å². The van der Waals surface area contributed by atoms with Crippen LogP contribution >= 0.6 is 0 Å². The van der Waals surface area contributed by atoms with Crippen LogP contribution in [-0.4, -0.2) is 67.4 Å². The van der Waals surface area contributed by atoms with Gasteiger partial charge in [0.1, 0.15) is 0 Å². The number of carbonyl (C=O) groups excluding carboxylic acids is 3. The monoisotopic (exact) mass is 541 g/mol. The highest BCUT2D eigenvalue weighted by Crippen LogP contribution is 2.16. The third kappa shape index (κ3) is 14.0. The largest absolute Gasteiger partial charge is 0.389 e. The molecule has 0 aliphatic rings. The predicted molar refractivity (Wildman–Crippen MR) is 143 cm³/mol. The molecule has 7 N–H and O–H groups in total. The molecule has 0 fully saturated rings. The lowest BCUT2D eigenvalue weighted by Gasteiger charge is -2.33. The second kappa shape index (κ2) is 14.3. The van der Waals surface area contributed by atoms with Crippen molar-refractivity contribution in [1.29, 1.82) is 0 Å². The molecule has 1 aromatic rings. The summed E-state index contributed by atoms with van der Waals surface area (Å²) in [5, 5.41) is 19.8. The highest BCUT2D eigenvalue weighted by molar-refractivity contribution is 7.89. The summed E-state index contributed by atoms with van der Waals surface area (Å²) in [4.78, 5) is 37.4. The average molecular weight is 542 g/mol. The first-order valence-corrected chi connectivity index (χ1v) is 14.2. The molecule has 0 radical (unpaired) electrons. The zero-order chi connectivity index (χ0) is 28.4. The molecule has 37 heavy (non-hydrogen) atoms. The number of aliphatic hydroxyl groups is 1. The zero-order valence-electron chi connectivity index (χ0n) is 22.6. The molecule has 12 heteroatoms. The second-order valence-electron chi connectivity index (χ2n) is 10.8. The summed E-state index contributed by atoms with van der Waals surface area (Å²) >= 11 is 0. The summed E-state index contributed by atoms with van der Waals surface area (Å²) in [6.07, 6.45) is 0.482. The number of sulfonamides is 1. The molecule has 1 unspecified atom stereocenters. The molecule has 0 spiro atoms. The minimum Gasteiger partial charge on any atom is -0.389 e. The quantitative estimate of drug-likeness (QED) is 0.213. The van der Waals surface area contributed by atoms with Crippen LogP contribution in [0.25, 0.3) is 0 Å². The first kappa shape index (κ1) is 32.3. The molecule has 0 bridgehead atoms. The molecule has 4 atom stereocenters. The van der Waals surface area contributed by atoms with Crippen LogP contribution in [0.3, 0.4) is 0 Å². The van der Waals surface area contributed by atoms with E-state index in [2.05, 4.69) is 16.0 Å². The standard InChI is InChI=1S/C25H43N5O6S/c1-16(2)12-13-19(28-24(34)29-25(3,4)5)22(32)20(14-17-10-8-7-9-11-17)27-23(33)18(26)15-21(31)30-37(6,35)36/h7-11,16,18-20,22,32H,12-15,26H2,1-6H3,(H,27,33)(H,30,31)(H2,28,29,34)/t18-,19?,20-,22-/m0/s1. The Morgan fingerprint density at radius 2 is 1.59 bits per heavy atom. The summed E-state index contributed by atoms with van der Waals surface area (Å²) in [5.74, 6) is -1.34. The van der Waals surface area contributed by atoms with Gasteiger partial charge in [0.15, 0.2) is 0 Å². The molecule has 11 nitrogen and oxygen atoms in total. The normalized spacial score (nSPS) is 15.3. The van der Waals surface area contributed by atoms with Crippen molar-refractivity contribution in [3.63, 3.8) is 0 Å². The van der Waals surface area contributed by atoms with Gasteiger partial charge in [-0.2, -0.15) is 0 Å². The topological polar surface area (TPSA) is 180 Å². The molecule has 4 amide bonds. The van der Waals surface area contributed by atoms with Gasteiger partial charge >= 0.3 is 6.03 Å². The number of urea groups is 1. The van der Waals surface area contributed by atoms with Crippen molar-refractivity contribution in [2.24, 2.45) is 11.7 Å². The van der Waals surface area contributed by atoms with Crippen LogP contribution in [-0.2, 0) is 26.0 Å². The van der Waals surface area contributed by atoms with Crippen LogP contribution in [0, 0.1) is 5.92 Å². The van der Waals surface area contributed by atoms with E-state index in [1.54, 1.807) is 4.72 Å². The molecule has 0 aliphatic carbocycles. The summed E-state index contributed by atoms with van der Waals surface area (Å²) in [5.41, 5.74) is 6.21. The third-order valence-corrected chi connectivity index (χ3v) is 5.95. The number of rotatable bonds is 13. The number of benzene rings is 1. The molecule has 1 rings (SSSR count). The van der Waals surface area contributed by atoms with Crippen molar-refractivity contribution in [2.75, 3.05) is 6.26 Å². The van der Waals surface area contributed by atoms with Gasteiger partial charge in [0.2, 0.25) is 21.8 Å². The Morgan fingerprint density at radius 3 is 2.11 bits per heavy atom. The summed E-state index contributed by atoms with van der Waals surface area (Å²) in [6.45, 7) is 9.58. The van der Waals surface area contributed by atoms with E-state index in [-0.39, 0.29) is 6.42 Å². The van der Waals surface area contributed by atoms with Gasteiger partial charge in [0.25, 0.3) is 0 Å². The lowest BCUT2D eigenvalue weighted by molar-refractivity contribution is -0.128. The Bertz CT molecular complexity index is 995. The van der Waals surface area contributed by atoms with E-state index in [0.29, 0.717) is 18.8 Å². The Kier molecular flexibility index (Phi) is 12.5. The number of aliphatic hydroxyl groups excluding tert-OH is 1. The maximum atomic E-state index is 12.9. The van der Waals surface area contributed by atoms with Gasteiger partial charge in [-0.3, -0.25) is 14.3 Å². The summed E-state index contributed by atoms with van der Waals surface area (Å²) in [6, 6.07) is 5.84. The molecule has 0 aliphatic heterocycles. The van der Waals surface area contributed by atoms with Crippen molar-refractivity contribution in [3.8, 4) is 0 Å². The van der Waals surface area contributed by atoms with Crippen LogP contribution in [0.4, 0.5) is 4.79 Å². The summed E-state index contributed by atoms with van der Waals surface area (Å²) < 4.78 is 24.3. The van der Waals surface area contributed by atoms with Crippen LogP contribution in [0.2, 0.25) is 0 Å². The van der Waals surface area contributed by atoms with E-state index >= 15 is 0 Å². The Balaban J connectivity index is 3.13. The van der Waals surface area contributed by atoms with E-state index in [0.717, 1.165) is 11.8 Å². The number of hydrogen-bond donors (Lipinski definition) is 6. The van der Waals surface area contributed by atoms with Crippen molar-refractivity contribution in [3.05, 3.63) is 35.9 Å². The fourth-order valence-electron chi connectivity index (χ4n) is 3.62. The van der Waals surface area contributed by atoms with Crippen LogP contribution < -0.4 is 26.4 Å². The van der Waals surface area contributed by atoms with Crippen molar-refractivity contribution < 1.29 is 27.9 Å². The number of nitrogens with two attached hydrogens (primary N) is 1. The lowest BCUT2D eigenvalue weighted by atomic mass is 9.91. The number of hydrogen-bond acceptors (Lipinski definition) is 7. The van der Waals surface area contributed by atoms with Gasteiger partial charge < -0.3 is 26.8 Å². The van der Waals surface area contributed by atoms with Crippen molar-refractivity contribution >= 4 is 27.9 Å². The van der Waals surface area contributed by atoms with E-state index in [9.17, 15) is 27.9 Å². The fourth-order valence-corrected chi connectivity index (χ4v) is 4.12. The molecular formula is C25H43N5O6S. The predicted octanol–water partition coefficient (Wildman–Crippen LogP) is 0.771. The minimum absolute atomic E-state index is 0.233. The van der Waals surface area contributed by atoms with E-state index in [1.807, 2.05) is 65.0 Å². The molecule has 0 heterocycles. The second-order valence-corrected chi connectivity index (χ2v) is 12.6. The van der Waals surface area contributed by atoms with Crippen molar-refractivity contribution in [1.82, 2.24) is 20.7 Å². The SMILES string of the molecule is CC(C)CCC(NC(=O)NC(C)(C)C)[C@H](O)[C@H](Cc1ccccc1)NC(=O)[C@@H](N)CC(=O)NS(C)(=O)=O. The van der Waals surface area contributed by atoms with Gasteiger partial charge in [-0.15, -0.1) is 0 Å². The van der Waals surface area contributed by atoms with E-state index in [1.165, 1.54) is 0 Å². The average Bonchev–Trinajstić information content (AvgIpc) is 2.73. The smallest absolute Gasteiger partial charge is 0.315 e. The van der Waals surface area contributed by atoms with Crippen LogP contribution in [0.15, 0.2) is 30.3 Å².